The first-order valence-corrected chi connectivity index (χ1v) is 8.39. The Hall–Kier alpha value is -3.59. The molecule has 0 unspecified atom stereocenters. The van der Waals surface area contributed by atoms with Gasteiger partial charge in [-0.1, -0.05) is 12.0 Å². The second kappa shape index (κ2) is 5.71. The first-order valence-electron chi connectivity index (χ1n) is 8.39. The maximum absolute atomic E-state index is 12.1. The second-order valence-electron chi connectivity index (χ2n) is 6.89. The molecular formula is C21H17N3O3. The van der Waals surface area contributed by atoms with E-state index >= 15 is 0 Å². The zero-order valence-corrected chi connectivity index (χ0v) is 15.1. The van der Waals surface area contributed by atoms with Crippen LogP contribution in [0, 0.1) is 12.3 Å². The maximum atomic E-state index is 12.1. The number of pyridine rings is 1. The van der Waals surface area contributed by atoms with Gasteiger partial charge < -0.3 is 14.4 Å². The van der Waals surface area contributed by atoms with Gasteiger partial charge in [0.2, 0.25) is 5.43 Å². The van der Waals surface area contributed by atoms with E-state index in [2.05, 4.69) is 15.9 Å². The minimum absolute atomic E-state index is 0.0325. The molecule has 0 saturated carbocycles. The fourth-order valence-corrected chi connectivity index (χ4v) is 3.06. The third-order valence-corrected chi connectivity index (χ3v) is 4.46. The molecule has 0 aliphatic heterocycles. The molecule has 4 rings (SSSR count). The molecule has 0 aliphatic carbocycles. The molecule has 6 nitrogen and oxygen atoms in total. The lowest BCUT2D eigenvalue weighted by Gasteiger charge is -2.21. The summed E-state index contributed by atoms with van der Waals surface area (Å²) in [6.07, 6.45) is 5.49. The van der Waals surface area contributed by atoms with E-state index in [-0.39, 0.29) is 11.2 Å². The van der Waals surface area contributed by atoms with Crippen LogP contribution < -0.4 is 10.2 Å². The van der Waals surface area contributed by atoms with Crippen LogP contribution in [0.4, 0.5) is 0 Å². The number of phenols is 1. The lowest BCUT2D eigenvalue weighted by Crippen LogP contribution is -2.25. The van der Waals surface area contributed by atoms with Crippen LogP contribution in [-0.4, -0.2) is 25.2 Å². The normalized spacial score (nSPS) is 11.8. The summed E-state index contributed by atoms with van der Waals surface area (Å²) in [6, 6.07) is 9.89. The van der Waals surface area contributed by atoms with E-state index in [1.54, 1.807) is 38.1 Å². The molecule has 134 valence electrons. The number of rotatable bonds is 2. The van der Waals surface area contributed by atoms with Crippen LogP contribution in [-0.2, 0) is 7.05 Å². The molecule has 0 aliphatic rings. The molecule has 27 heavy (non-hydrogen) atoms. The zero-order valence-electron chi connectivity index (χ0n) is 15.1. The van der Waals surface area contributed by atoms with Crippen molar-refractivity contribution in [2.24, 2.45) is 7.05 Å². The molecule has 6 heteroatoms. The Balaban J connectivity index is 2.04. The highest BCUT2D eigenvalue weighted by molar-refractivity contribution is 5.96. The van der Waals surface area contributed by atoms with E-state index in [0.717, 1.165) is 0 Å². The molecule has 1 N–H and O–H groups in total. The van der Waals surface area contributed by atoms with Gasteiger partial charge >= 0.3 is 0 Å². The summed E-state index contributed by atoms with van der Waals surface area (Å²) in [6.45, 7) is 3.54. The van der Waals surface area contributed by atoms with Crippen LogP contribution in [0.1, 0.15) is 13.8 Å². The minimum atomic E-state index is -0.809. The van der Waals surface area contributed by atoms with Crippen LogP contribution in [0.2, 0.25) is 0 Å². The van der Waals surface area contributed by atoms with Crippen molar-refractivity contribution in [2.45, 2.75) is 19.4 Å². The molecular weight excluding hydrogens is 342 g/mol. The van der Waals surface area contributed by atoms with E-state index in [1.165, 1.54) is 12.1 Å². The lowest BCUT2D eigenvalue weighted by molar-refractivity contribution is 0.172. The van der Waals surface area contributed by atoms with Crippen molar-refractivity contribution in [3.8, 4) is 23.8 Å². The van der Waals surface area contributed by atoms with Crippen LogP contribution in [0.15, 0.2) is 41.2 Å². The number of fused-ring (bicyclic) bond motifs is 3. The van der Waals surface area contributed by atoms with E-state index in [4.69, 9.17) is 11.2 Å². The summed E-state index contributed by atoms with van der Waals surface area (Å²) >= 11 is 0. The average Bonchev–Trinajstić information content (AvgIpc) is 2.62. The number of hydrogen-bond acceptors (Lipinski definition) is 5. The fourth-order valence-electron chi connectivity index (χ4n) is 3.06. The number of nitrogens with zero attached hydrogens (tertiary/aromatic N) is 3. The third-order valence-electron chi connectivity index (χ3n) is 4.46. The van der Waals surface area contributed by atoms with Crippen molar-refractivity contribution in [3.05, 3.63) is 46.6 Å². The Labute approximate surface area is 155 Å². The smallest absolute Gasteiger partial charge is 0.206 e. The molecule has 4 aromatic rings. The fraction of sp³-hybridized carbons (Fsp3) is 0.190. The Morgan fingerprint density at radius 1 is 1.19 bits per heavy atom. The number of aryl methyl sites for hydroxylation is 1. The number of phenolic OH excluding ortho intramolecular Hbond substituents is 1. The number of benzene rings is 2. The number of terminal acetylenes is 1. The van der Waals surface area contributed by atoms with Crippen molar-refractivity contribution in [3.63, 3.8) is 0 Å². The monoisotopic (exact) mass is 359 g/mol. The Kier molecular flexibility index (Phi) is 3.57. The zero-order chi connectivity index (χ0) is 19.3. The second-order valence-corrected chi connectivity index (χ2v) is 6.89. The molecule has 0 saturated heterocycles. The average molecular weight is 359 g/mol. The molecule has 2 heterocycles. The quantitative estimate of drug-likeness (QED) is 0.439. The number of hydrogen-bond donors (Lipinski definition) is 1. The Morgan fingerprint density at radius 3 is 2.70 bits per heavy atom. The van der Waals surface area contributed by atoms with E-state index in [9.17, 15) is 9.90 Å². The summed E-state index contributed by atoms with van der Waals surface area (Å²) < 4.78 is 7.62. The molecule has 2 aromatic heterocycles. The number of para-hydroxylation sites is 1. The van der Waals surface area contributed by atoms with E-state index < -0.39 is 5.60 Å². The number of ether oxygens (including phenoxy) is 1. The van der Waals surface area contributed by atoms with Gasteiger partial charge in [0.05, 0.1) is 11.0 Å². The summed E-state index contributed by atoms with van der Waals surface area (Å²) in [5.74, 6) is 3.05. The summed E-state index contributed by atoms with van der Waals surface area (Å²) in [5.41, 5.74) is 1.65. The van der Waals surface area contributed by atoms with E-state index in [1.807, 2.05) is 11.6 Å². The largest absolute Gasteiger partial charge is 0.507 e. The topological polar surface area (TPSA) is 77.2 Å². The SMILES string of the molecule is C#CC(C)(C)Oc1cc(O)c2cc3nc4c(=O)cccc4nc3n(C)c2c1. The van der Waals surface area contributed by atoms with Crippen molar-refractivity contribution in [1.82, 2.24) is 14.5 Å². The molecule has 0 fully saturated rings. The molecule has 0 bridgehead atoms. The lowest BCUT2D eigenvalue weighted by atomic mass is 10.1. The van der Waals surface area contributed by atoms with Gasteiger partial charge in [0.15, 0.2) is 11.2 Å². The predicted molar refractivity (Wildman–Crippen MR) is 105 cm³/mol. The molecule has 0 atom stereocenters. The van der Waals surface area contributed by atoms with Gasteiger partial charge in [-0.3, -0.25) is 4.79 Å². The van der Waals surface area contributed by atoms with Crippen molar-refractivity contribution in [2.75, 3.05) is 0 Å². The molecule has 0 radical (unpaired) electrons. The molecule has 2 aromatic carbocycles. The van der Waals surface area contributed by atoms with Crippen molar-refractivity contribution in [1.29, 1.82) is 0 Å². The van der Waals surface area contributed by atoms with Gasteiger partial charge in [-0.2, -0.15) is 0 Å². The van der Waals surface area contributed by atoms with Crippen molar-refractivity contribution >= 4 is 33.1 Å². The third kappa shape index (κ3) is 2.74. The van der Waals surface area contributed by atoms with Crippen LogP contribution in [0.3, 0.4) is 0 Å². The summed E-state index contributed by atoms with van der Waals surface area (Å²) in [4.78, 5) is 21.1. The number of aromatic hydroxyl groups is 1. The van der Waals surface area contributed by atoms with Crippen LogP contribution in [0.5, 0.6) is 11.5 Å². The first kappa shape index (κ1) is 16.9. The first-order chi connectivity index (χ1) is 12.8. The van der Waals surface area contributed by atoms with Gasteiger partial charge in [0, 0.05) is 24.6 Å². The van der Waals surface area contributed by atoms with Gasteiger partial charge in [0.25, 0.3) is 0 Å². The van der Waals surface area contributed by atoms with Gasteiger partial charge in [-0.25, -0.2) is 9.97 Å². The molecule has 0 amide bonds. The Bertz CT molecular complexity index is 1330. The highest BCUT2D eigenvalue weighted by Gasteiger charge is 2.18. The maximum Gasteiger partial charge on any atom is 0.206 e. The standard InChI is InChI=1S/C21H17N3O3/c1-5-21(2,3)27-12-9-16-13(18(26)10-12)11-15-20(24(16)4)23-14-7-6-8-17(25)19(14)22-15/h1,6-11,26H,2-4H3. The van der Waals surface area contributed by atoms with Gasteiger partial charge in [-0.15, -0.1) is 6.42 Å². The van der Waals surface area contributed by atoms with Crippen molar-refractivity contribution < 1.29 is 9.84 Å². The van der Waals surface area contributed by atoms with Gasteiger partial charge in [-0.05, 0) is 32.0 Å². The summed E-state index contributed by atoms with van der Waals surface area (Å²) in [5, 5.41) is 11.1. The highest BCUT2D eigenvalue weighted by atomic mass is 16.5. The highest BCUT2D eigenvalue weighted by Crippen LogP contribution is 2.33. The van der Waals surface area contributed by atoms with Crippen LogP contribution >= 0.6 is 0 Å². The summed E-state index contributed by atoms with van der Waals surface area (Å²) in [7, 11) is 1.82. The van der Waals surface area contributed by atoms with Crippen LogP contribution in [0.25, 0.3) is 33.1 Å². The van der Waals surface area contributed by atoms with Gasteiger partial charge in [0.1, 0.15) is 22.5 Å². The number of aromatic nitrogens is 3. The molecule has 0 spiro atoms. The van der Waals surface area contributed by atoms with E-state index in [0.29, 0.717) is 38.8 Å². The predicted octanol–water partition coefficient (Wildman–Crippen LogP) is 3.13. The minimum Gasteiger partial charge on any atom is -0.507 e. The Morgan fingerprint density at radius 2 is 1.96 bits per heavy atom.